The number of hydrogen-bond donors (Lipinski definition) is 0. The van der Waals surface area contributed by atoms with Crippen LogP contribution in [0.4, 0.5) is 0 Å². The number of halogens is 1. The molecule has 0 unspecified atom stereocenters. The van der Waals surface area contributed by atoms with E-state index in [2.05, 4.69) is 4.40 Å². The zero-order valence-corrected chi connectivity index (χ0v) is 11.8. The van der Waals surface area contributed by atoms with E-state index in [-0.39, 0.29) is 4.90 Å². The lowest BCUT2D eigenvalue weighted by atomic mass is 10.2. The molecule has 0 heterocycles. The molecule has 0 amide bonds. The maximum absolute atomic E-state index is 12.0. The maximum Gasteiger partial charge on any atom is 0.282 e. The lowest BCUT2D eigenvalue weighted by Crippen LogP contribution is -1.97. The van der Waals surface area contributed by atoms with Gasteiger partial charge in [0.1, 0.15) is 0 Å². The van der Waals surface area contributed by atoms with Gasteiger partial charge in [-0.3, -0.25) is 0 Å². The Balaban J connectivity index is 2.29. The molecular weight excluding hydrogens is 282 g/mol. The summed E-state index contributed by atoms with van der Waals surface area (Å²) in [6.07, 6.45) is 1.29. The van der Waals surface area contributed by atoms with Crippen molar-refractivity contribution >= 4 is 27.8 Å². The number of aryl methyl sites for hydroxylation is 1. The van der Waals surface area contributed by atoms with Crippen molar-refractivity contribution in [3.63, 3.8) is 0 Å². The van der Waals surface area contributed by atoms with Crippen molar-refractivity contribution in [1.82, 2.24) is 0 Å². The minimum Gasteiger partial charge on any atom is -0.199 e. The normalized spacial score (nSPS) is 11.9. The zero-order valence-electron chi connectivity index (χ0n) is 10.2. The summed E-state index contributed by atoms with van der Waals surface area (Å²) in [5.74, 6) is 0. The van der Waals surface area contributed by atoms with Crippen LogP contribution < -0.4 is 0 Å². The predicted molar refractivity (Wildman–Crippen MR) is 77.4 cm³/mol. The van der Waals surface area contributed by atoms with Gasteiger partial charge in [0, 0.05) is 11.2 Å². The molecule has 0 radical (unpaired) electrons. The lowest BCUT2D eigenvalue weighted by molar-refractivity contribution is 0.598. The Labute approximate surface area is 117 Å². The first-order chi connectivity index (χ1) is 8.97. The summed E-state index contributed by atoms with van der Waals surface area (Å²) in [4.78, 5) is 0.177. The van der Waals surface area contributed by atoms with Gasteiger partial charge in [-0.15, -0.1) is 0 Å². The molecule has 0 saturated heterocycles. The number of rotatable bonds is 3. The fourth-order valence-corrected chi connectivity index (χ4v) is 2.55. The smallest absolute Gasteiger partial charge is 0.199 e. The minimum atomic E-state index is -3.66. The van der Waals surface area contributed by atoms with Gasteiger partial charge in [0.15, 0.2) is 0 Å². The monoisotopic (exact) mass is 293 g/mol. The molecule has 2 aromatic carbocycles. The lowest BCUT2D eigenvalue weighted by Gasteiger charge is -1.99. The van der Waals surface area contributed by atoms with Crippen molar-refractivity contribution in [2.45, 2.75) is 11.8 Å². The molecule has 0 saturated carbocycles. The second-order valence-electron chi connectivity index (χ2n) is 4.08. The van der Waals surface area contributed by atoms with Gasteiger partial charge in [0.25, 0.3) is 10.0 Å². The van der Waals surface area contributed by atoms with Crippen LogP contribution in [-0.2, 0) is 10.0 Å². The fraction of sp³-hybridized carbons (Fsp3) is 0.0714. The summed E-state index contributed by atoms with van der Waals surface area (Å²) in [6.45, 7) is 1.89. The fourth-order valence-electron chi connectivity index (χ4n) is 1.49. The molecule has 0 spiro atoms. The third-order valence-electron chi connectivity index (χ3n) is 2.51. The molecule has 5 heteroatoms. The molecule has 0 atom stereocenters. The summed E-state index contributed by atoms with van der Waals surface area (Å²) >= 11 is 5.82. The Morgan fingerprint density at radius 3 is 2.42 bits per heavy atom. The highest BCUT2D eigenvalue weighted by Crippen LogP contribution is 2.14. The van der Waals surface area contributed by atoms with Crippen molar-refractivity contribution in [2.75, 3.05) is 0 Å². The summed E-state index contributed by atoms with van der Waals surface area (Å²) < 4.78 is 27.6. The molecule has 0 aliphatic carbocycles. The highest BCUT2D eigenvalue weighted by atomic mass is 35.5. The first kappa shape index (κ1) is 13.8. The SMILES string of the molecule is Cc1ccc(S(=O)(=O)N=Cc2cccc(Cl)c2)cc1. The van der Waals surface area contributed by atoms with Crippen LogP contribution >= 0.6 is 11.6 Å². The van der Waals surface area contributed by atoms with E-state index in [4.69, 9.17) is 11.6 Å². The first-order valence-electron chi connectivity index (χ1n) is 5.60. The summed E-state index contributed by atoms with van der Waals surface area (Å²) in [7, 11) is -3.66. The van der Waals surface area contributed by atoms with Crippen LogP contribution in [0.3, 0.4) is 0 Å². The number of sulfonamides is 1. The molecule has 0 aliphatic heterocycles. The van der Waals surface area contributed by atoms with Crippen LogP contribution in [0.2, 0.25) is 5.02 Å². The van der Waals surface area contributed by atoms with Crippen LogP contribution in [0.5, 0.6) is 0 Å². The van der Waals surface area contributed by atoms with Crippen LogP contribution in [0, 0.1) is 6.92 Å². The average Bonchev–Trinajstić information content (AvgIpc) is 2.37. The van der Waals surface area contributed by atoms with Crippen molar-refractivity contribution in [2.24, 2.45) is 4.40 Å². The molecule has 0 bridgehead atoms. The standard InChI is InChI=1S/C14H12ClNO2S/c1-11-5-7-14(8-6-11)19(17,18)16-10-12-3-2-4-13(15)9-12/h2-10H,1H3. The van der Waals surface area contributed by atoms with E-state index in [0.29, 0.717) is 10.6 Å². The molecule has 19 heavy (non-hydrogen) atoms. The van der Waals surface area contributed by atoms with Gasteiger partial charge in [-0.05, 0) is 36.8 Å². The Morgan fingerprint density at radius 2 is 1.79 bits per heavy atom. The van der Waals surface area contributed by atoms with Gasteiger partial charge in [0.05, 0.1) is 4.90 Å². The van der Waals surface area contributed by atoms with Crippen LogP contribution in [0.1, 0.15) is 11.1 Å². The highest BCUT2D eigenvalue weighted by Gasteiger charge is 2.10. The van der Waals surface area contributed by atoms with Crippen molar-refractivity contribution in [3.8, 4) is 0 Å². The molecule has 0 aliphatic rings. The Bertz CT molecular complexity index is 706. The van der Waals surface area contributed by atoms with Crippen molar-refractivity contribution < 1.29 is 8.42 Å². The highest BCUT2D eigenvalue weighted by molar-refractivity contribution is 7.90. The summed E-state index contributed by atoms with van der Waals surface area (Å²) in [5.41, 5.74) is 1.64. The van der Waals surface area contributed by atoms with E-state index in [1.54, 1.807) is 48.5 Å². The Morgan fingerprint density at radius 1 is 1.11 bits per heavy atom. The van der Waals surface area contributed by atoms with Gasteiger partial charge < -0.3 is 0 Å². The summed E-state index contributed by atoms with van der Waals surface area (Å²) in [6, 6.07) is 13.4. The maximum atomic E-state index is 12.0. The topological polar surface area (TPSA) is 46.5 Å². The van der Waals surface area contributed by atoms with Crippen molar-refractivity contribution in [1.29, 1.82) is 0 Å². The second kappa shape index (κ2) is 5.55. The van der Waals surface area contributed by atoms with E-state index < -0.39 is 10.0 Å². The minimum absolute atomic E-state index is 0.177. The number of benzene rings is 2. The molecular formula is C14H12ClNO2S. The molecule has 3 nitrogen and oxygen atoms in total. The Kier molecular flexibility index (Phi) is 4.02. The largest absolute Gasteiger partial charge is 0.282 e. The predicted octanol–water partition coefficient (Wildman–Crippen LogP) is 3.46. The quantitative estimate of drug-likeness (QED) is 0.814. The molecule has 0 aromatic heterocycles. The molecule has 2 aromatic rings. The third kappa shape index (κ3) is 3.66. The third-order valence-corrected chi connectivity index (χ3v) is 3.99. The molecule has 2 rings (SSSR count). The summed E-state index contributed by atoms with van der Waals surface area (Å²) in [5, 5.41) is 0.539. The van der Waals surface area contributed by atoms with E-state index in [1.165, 1.54) is 6.21 Å². The van der Waals surface area contributed by atoms with E-state index in [0.717, 1.165) is 5.56 Å². The first-order valence-corrected chi connectivity index (χ1v) is 7.42. The number of nitrogens with zero attached hydrogens (tertiary/aromatic N) is 1. The van der Waals surface area contributed by atoms with Crippen LogP contribution in [0.15, 0.2) is 57.8 Å². The van der Waals surface area contributed by atoms with E-state index in [1.807, 2.05) is 6.92 Å². The van der Waals surface area contributed by atoms with Crippen LogP contribution in [0.25, 0.3) is 0 Å². The van der Waals surface area contributed by atoms with Gasteiger partial charge in [-0.2, -0.15) is 12.8 Å². The van der Waals surface area contributed by atoms with Crippen molar-refractivity contribution in [3.05, 3.63) is 64.7 Å². The van der Waals surface area contributed by atoms with E-state index in [9.17, 15) is 8.42 Å². The van der Waals surface area contributed by atoms with Gasteiger partial charge in [0.2, 0.25) is 0 Å². The van der Waals surface area contributed by atoms with Crippen LogP contribution in [-0.4, -0.2) is 14.6 Å². The van der Waals surface area contributed by atoms with E-state index >= 15 is 0 Å². The molecule has 0 N–H and O–H groups in total. The molecule has 98 valence electrons. The Hall–Kier alpha value is -1.65. The average molecular weight is 294 g/mol. The second-order valence-corrected chi connectivity index (χ2v) is 6.15. The van der Waals surface area contributed by atoms with Gasteiger partial charge >= 0.3 is 0 Å². The number of hydrogen-bond acceptors (Lipinski definition) is 2. The zero-order chi connectivity index (χ0) is 13.9. The van der Waals surface area contributed by atoms with Gasteiger partial charge in [-0.1, -0.05) is 41.4 Å². The molecule has 0 fully saturated rings. The van der Waals surface area contributed by atoms with Gasteiger partial charge in [-0.25, -0.2) is 0 Å².